The first-order chi connectivity index (χ1) is 15.7. The summed E-state index contributed by atoms with van der Waals surface area (Å²) in [5, 5.41) is 16.2. The number of benzene rings is 1. The molecule has 176 valence electrons. The lowest BCUT2D eigenvalue weighted by Crippen LogP contribution is -2.51. The van der Waals surface area contributed by atoms with Crippen molar-refractivity contribution in [2.45, 2.75) is 58.3 Å². The van der Waals surface area contributed by atoms with Crippen molar-refractivity contribution in [2.75, 3.05) is 0 Å². The van der Waals surface area contributed by atoms with Gasteiger partial charge in [-0.05, 0) is 68.9 Å². The Bertz CT molecular complexity index is 976. The second kappa shape index (κ2) is 9.29. The summed E-state index contributed by atoms with van der Waals surface area (Å²) in [6.07, 6.45) is 4.84. The fraction of sp³-hybridized carbons (Fsp3) is 0.480. The average molecular weight is 453 g/mol. The van der Waals surface area contributed by atoms with Gasteiger partial charge in [0, 0.05) is 12.4 Å². The second-order valence-corrected chi connectivity index (χ2v) is 9.86. The van der Waals surface area contributed by atoms with Crippen LogP contribution in [0, 0.1) is 23.2 Å². The van der Waals surface area contributed by atoms with E-state index < -0.39 is 17.7 Å². The molecule has 0 aromatic heterocycles. The summed E-state index contributed by atoms with van der Waals surface area (Å²) in [6.45, 7) is 5.73. The van der Waals surface area contributed by atoms with Crippen LogP contribution < -0.4 is 16.0 Å². The molecule has 3 aliphatic rings. The van der Waals surface area contributed by atoms with Crippen molar-refractivity contribution in [3.8, 4) is 0 Å². The molecule has 2 amide bonds. The van der Waals surface area contributed by atoms with Crippen LogP contribution in [0.5, 0.6) is 0 Å². The van der Waals surface area contributed by atoms with E-state index >= 15 is 0 Å². The molecule has 0 radical (unpaired) electrons. The van der Waals surface area contributed by atoms with E-state index in [4.69, 9.17) is 14.9 Å². The van der Waals surface area contributed by atoms with Crippen molar-refractivity contribution in [1.82, 2.24) is 16.0 Å². The second-order valence-electron chi connectivity index (χ2n) is 9.86. The molecule has 8 heteroatoms. The Morgan fingerprint density at radius 1 is 1.21 bits per heavy atom. The third kappa shape index (κ3) is 5.94. The molecule has 8 nitrogen and oxygen atoms in total. The molecule has 1 aromatic carbocycles. The van der Waals surface area contributed by atoms with Crippen molar-refractivity contribution in [2.24, 2.45) is 17.8 Å². The molecular weight excluding hydrogens is 420 g/mol. The summed E-state index contributed by atoms with van der Waals surface area (Å²) in [4.78, 5) is 25.1. The molecule has 1 aromatic rings. The number of nitrogens with one attached hydrogen (secondary N) is 4. The first-order valence-electron chi connectivity index (χ1n) is 11.4. The largest absolute Gasteiger partial charge is 0.474 e. The summed E-state index contributed by atoms with van der Waals surface area (Å²) in [5.41, 5.74) is 1.87. The van der Waals surface area contributed by atoms with Crippen LogP contribution in [-0.2, 0) is 20.9 Å². The normalized spacial score (nSPS) is 24.2. The number of fused-ring (bicyclic) bond motifs is 1. The molecular formula is C25H32N4O4. The highest BCUT2D eigenvalue weighted by Crippen LogP contribution is 2.57. The predicted octanol–water partition coefficient (Wildman–Crippen LogP) is 3.56. The Kier molecular flexibility index (Phi) is 6.44. The number of alkyl carbamates (subject to hydrolysis) is 1. The molecule has 1 heterocycles. The fourth-order valence-corrected chi connectivity index (χ4v) is 4.33. The van der Waals surface area contributed by atoms with Crippen molar-refractivity contribution in [3.63, 3.8) is 0 Å². The highest BCUT2D eigenvalue weighted by atomic mass is 16.6. The maximum atomic E-state index is 13.2. The third-order valence-corrected chi connectivity index (χ3v) is 6.00. The van der Waals surface area contributed by atoms with E-state index in [0.717, 1.165) is 31.0 Å². The topological polar surface area (TPSA) is 113 Å². The highest BCUT2D eigenvalue weighted by Gasteiger charge is 2.55. The van der Waals surface area contributed by atoms with Crippen molar-refractivity contribution < 1.29 is 19.1 Å². The summed E-state index contributed by atoms with van der Waals surface area (Å²) in [7, 11) is 0. The molecule has 3 atom stereocenters. The zero-order chi connectivity index (χ0) is 23.6. The minimum Gasteiger partial charge on any atom is -0.474 e. The number of rotatable bonds is 8. The van der Waals surface area contributed by atoms with Gasteiger partial charge in [0.25, 0.3) is 0 Å². The Balaban J connectivity index is 1.41. The molecule has 2 unspecified atom stereocenters. The van der Waals surface area contributed by atoms with Gasteiger partial charge in [-0.1, -0.05) is 30.3 Å². The van der Waals surface area contributed by atoms with E-state index in [1.165, 1.54) is 11.8 Å². The van der Waals surface area contributed by atoms with E-state index in [2.05, 4.69) is 16.0 Å². The monoisotopic (exact) mass is 452 g/mol. The van der Waals surface area contributed by atoms with Gasteiger partial charge in [0.2, 0.25) is 5.91 Å². The Hall–Kier alpha value is -3.29. The van der Waals surface area contributed by atoms with Gasteiger partial charge in [-0.15, -0.1) is 0 Å². The van der Waals surface area contributed by atoms with Crippen LogP contribution in [0.1, 0.15) is 45.6 Å². The van der Waals surface area contributed by atoms with Crippen LogP contribution >= 0.6 is 0 Å². The van der Waals surface area contributed by atoms with Gasteiger partial charge >= 0.3 is 6.09 Å². The van der Waals surface area contributed by atoms with Crippen molar-refractivity contribution in [3.05, 3.63) is 59.2 Å². The van der Waals surface area contributed by atoms with Crippen LogP contribution in [0.4, 0.5) is 4.79 Å². The Morgan fingerprint density at radius 2 is 1.94 bits per heavy atom. The Morgan fingerprint density at radius 3 is 2.58 bits per heavy atom. The molecule has 0 bridgehead atoms. The molecule has 4 N–H and O–H groups in total. The summed E-state index contributed by atoms with van der Waals surface area (Å²) >= 11 is 0. The molecule has 2 saturated carbocycles. The highest BCUT2D eigenvalue weighted by molar-refractivity contribution is 5.91. The Labute approximate surface area is 194 Å². The van der Waals surface area contributed by atoms with Crippen molar-refractivity contribution in [1.29, 1.82) is 5.41 Å². The first kappa shape index (κ1) is 22.9. The number of allylic oxidation sites excluding steroid dienone is 2. The van der Waals surface area contributed by atoms with Crippen LogP contribution in [-0.4, -0.2) is 29.9 Å². The average Bonchev–Trinajstić information content (AvgIpc) is 3.67. The number of ether oxygens (including phenoxy) is 2. The minimum absolute atomic E-state index is 0.180. The number of carbonyl (C=O) groups excluding carboxylic acids is 2. The quantitative estimate of drug-likeness (QED) is 0.451. The predicted molar refractivity (Wildman–Crippen MR) is 124 cm³/mol. The fourth-order valence-electron chi connectivity index (χ4n) is 4.33. The van der Waals surface area contributed by atoms with Crippen LogP contribution in [0.3, 0.4) is 0 Å². The number of amides is 2. The summed E-state index contributed by atoms with van der Waals surface area (Å²) < 4.78 is 11.3. The zero-order valence-electron chi connectivity index (χ0n) is 19.3. The van der Waals surface area contributed by atoms with Crippen LogP contribution in [0.15, 0.2) is 53.7 Å². The smallest absolute Gasteiger partial charge is 0.411 e. The van der Waals surface area contributed by atoms with Gasteiger partial charge in [-0.2, -0.15) is 0 Å². The molecule has 0 saturated heterocycles. The maximum Gasteiger partial charge on any atom is 0.411 e. The SMILES string of the molecule is CC(C)(C)OC(=O)N/C=C(\C=N)NC(=O)[C@H]1NC(OCc2ccccc2)=C2CC2C1C1CC1. The van der Waals surface area contributed by atoms with Gasteiger partial charge in [-0.25, -0.2) is 4.79 Å². The van der Waals surface area contributed by atoms with Gasteiger partial charge in [0.15, 0.2) is 5.88 Å². The van der Waals surface area contributed by atoms with E-state index in [1.54, 1.807) is 20.8 Å². The van der Waals surface area contributed by atoms with Crippen molar-refractivity contribution >= 4 is 18.2 Å². The number of hydrogen-bond donors (Lipinski definition) is 4. The van der Waals surface area contributed by atoms with E-state index in [1.807, 2.05) is 30.3 Å². The molecule has 33 heavy (non-hydrogen) atoms. The van der Waals surface area contributed by atoms with E-state index in [9.17, 15) is 9.59 Å². The van der Waals surface area contributed by atoms with Crippen LogP contribution in [0.2, 0.25) is 0 Å². The first-order valence-corrected chi connectivity index (χ1v) is 11.4. The lowest BCUT2D eigenvalue weighted by Gasteiger charge is -2.32. The lowest BCUT2D eigenvalue weighted by molar-refractivity contribution is -0.124. The summed E-state index contributed by atoms with van der Waals surface area (Å²) in [5.74, 6) is 1.58. The third-order valence-electron chi connectivity index (χ3n) is 6.00. The molecule has 2 fully saturated rings. The number of carbonyl (C=O) groups is 2. The molecule has 0 spiro atoms. The van der Waals surface area contributed by atoms with Crippen LogP contribution in [0.25, 0.3) is 0 Å². The summed E-state index contributed by atoms with van der Waals surface area (Å²) in [6, 6.07) is 9.47. The zero-order valence-corrected chi connectivity index (χ0v) is 19.3. The van der Waals surface area contributed by atoms with E-state index in [-0.39, 0.29) is 17.5 Å². The maximum absolute atomic E-state index is 13.2. The lowest BCUT2D eigenvalue weighted by atomic mass is 9.86. The molecule has 2 aliphatic carbocycles. The minimum atomic E-state index is -0.648. The molecule has 4 rings (SSSR count). The van der Waals surface area contributed by atoms with Gasteiger partial charge in [0.1, 0.15) is 18.2 Å². The van der Waals surface area contributed by atoms with Gasteiger partial charge < -0.3 is 25.5 Å². The number of hydrogen-bond acceptors (Lipinski definition) is 6. The standard InChI is InChI=1S/C25H32N4O4/c1-25(2,3)33-24(31)27-13-17(12-26)28-22(30)21-20(16-9-10-16)18-11-19(18)23(29-21)32-14-15-7-5-4-6-8-15/h4-8,12-13,16,18,20-21,26,29H,9-11,14H2,1-3H3,(H,27,31)(H,28,30)/b17-13+,26-12?/t18?,20?,21-/m0/s1. The molecule has 1 aliphatic heterocycles. The van der Waals surface area contributed by atoms with E-state index in [0.29, 0.717) is 24.3 Å². The van der Waals surface area contributed by atoms with Gasteiger partial charge in [-0.3, -0.25) is 10.1 Å². The van der Waals surface area contributed by atoms with Gasteiger partial charge in [0.05, 0.1) is 5.70 Å².